The van der Waals surface area contributed by atoms with Crippen LogP contribution in [0.1, 0.15) is 35.8 Å². The van der Waals surface area contributed by atoms with E-state index in [1.54, 1.807) is 55.4 Å². The molecule has 0 saturated carbocycles. The predicted octanol–water partition coefficient (Wildman–Crippen LogP) is 4.21. The van der Waals surface area contributed by atoms with E-state index in [0.717, 1.165) is 12.8 Å². The minimum atomic E-state index is -3.58. The molecule has 0 aliphatic carbocycles. The van der Waals surface area contributed by atoms with Gasteiger partial charge in [-0.25, -0.2) is 17.7 Å². The number of hydrogen-bond acceptors (Lipinski definition) is 6. The molecule has 0 fully saturated rings. The van der Waals surface area contributed by atoms with Crippen molar-refractivity contribution in [1.29, 1.82) is 0 Å². The van der Waals surface area contributed by atoms with E-state index in [1.165, 1.54) is 16.4 Å². The van der Waals surface area contributed by atoms with Crippen molar-refractivity contribution in [3.63, 3.8) is 0 Å². The monoisotopic (exact) mass is 481 g/mol. The van der Waals surface area contributed by atoms with Gasteiger partial charge in [0.25, 0.3) is 5.91 Å². The Morgan fingerprint density at radius 3 is 2.59 bits per heavy atom. The Balaban J connectivity index is 1.64. The summed E-state index contributed by atoms with van der Waals surface area (Å²) in [5.74, 6) is 0.184. The maximum atomic E-state index is 13.3. The summed E-state index contributed by atoms with van der Waals surface area (Å²) >= 11 is 0. The Morgan fingerprint density at radius 2 is 1.94 bits per heavy atom. The summed E-state index contributed by atoms with van der Waals surface area (Å²) in [6.07, 6.45) is 3.24. The highest BCUT2D eigenvalue weighted by Gasteiger charge is 2.22. The average molecular weight is 482 g/mol. The molecule has 0 aliphatic heterocycles. The van der Waals surface area contributed by atoms with E-state index in [4.69, 9.17) is 4.42 Å². The van der Waals surface area contributed by atoms with Crippen LogP contribution in [0.5, 0.6) is 0 Å². The number of amides is 1. The molecule has 3 heterocycles. The first kappa shape index (κ1) is 23.7. The fraction of sp³-hybridized carbons (Fsp3) is 0.292. The third-order valence-electron chi connectivity index (χ3n) is 5.63. The number of carbonyl (C=O) groups is 1. The largest absolute Gasteiger partial charge is 0.463 e. The van der Waals surface area contributed by atoms with Crippen LogP contribution < -0.4 is 5.32 Å². The van der Waals surface area contributed by atoms with Crippen LogP contribution in [0, 0.1) is 6.92 Å². The van der Waals surface area contributed by atoms with Crippen LogP contribution in [-0.4, -0.2) is 47.0 Å². The Hall–Kier alpha value is -3.50. The van der Waals surface area contributed by atoms with Gasteiger partial charge in [0.05, 0.1) is 27.8 Å². The molecule has 0 bridgehead atoms. The number of pyridine rings is 1. The fourth-order valence-corrected chi connectivity index (χ4v) is 4.97. The number of fused-ring (bicyclic) bond motifs is 1. The van der Waals surface area contributed by atoms with Crippen molar-refractivity contribution in [3.05, 3.63) is 60.0 Å². The molecule has 1 amide bonds. The van der Waals surface area contributed by atoms with Gasteiger partial charge < -0.3 is 9.73 Å². The number of sulfonamides is 1. The molecule has 0 atom stereocenters. The van der Waals surface area contributed by atoms with Gasteiger partial charge in [-0.15, -0.1) is 0 Å². The number of hydrogen-bond donors (Lipinski definition) is 1. The Labute approximate surface area is 198 Å². The maximum Gasteiger partial charge on any atom is 0.256 e. The Kier molecular flexibility index (Phi) is 6.54. The third kappa shape index (κ3) is 4.46. The van der Waals surface area contributed by atoms with Crippen LogP contribution in [0.25, 0.3) is 22.5 Å². The molecule has 1 aromatic carbocycles. The summed E-state index contributed by atoms with van der Waals surface area (Å²) in [7, 11) is -0.238. The zero-order valence-electron chi connectivity index (χ0n) is 19.6. The number of nitrogens with one attached hydrogen (secondary N) is 1. The van der Waals surface area contributed by atoms with Gasteiger partial charge in [-0.1, -0.05) is 13.3 Å². The fourth-order valence-electron chi connectivity index (χ4n) is 3.76. The highest BCUT2D eigenvalue weighted by molar-refractivity contribution is 7.89. The summed E-state index contributed by atoms with van der Waals surface area (Å²) < 4.78 is 33.9. The van der Waals surface area contributed by atoms with E-state index in [0.29, 0.717) is 46.0 Å². The molecule has 0 unspecified atom stereocenters. The van der Waals surface area contributed by atoms with Crippen LogP contribution in [0.15, 0.2) is 58.0 Å². The van der Waals surface area contributed by atoms with E-state index in [1.807, 2.05) is 13.8 Å². The number of anilines is 1. The standard InChI is InChI=1S/C24H27N5O4S/c1-5-6-13-28(3)34(31,32)18-11-9-17(10-12-18)25-24(30)19-15-20(21-8-7-14-33-21)26-23-22(19)16(2)27-29(23)4/h7-12,14-15H,5-6,13H2,1-4H3,(H,25,30). The number of benzene rings is 1. The molecule has 4 aromatic rings. The summed E-state index contributed by atoms with van der Waals surface area (Å²) in [5.41, 5.74) is 2.64. The molecule has 178 valence electrons. The van der Waals surface area contributed by atoms with Gasteiger partial charge in [0.2, 0.25) is 10.0 Å². The molecule has 9 nitrogen and oxygen atoms in total. The van der Waals surface area contributed by atoms with Crippen LogP contribution in [-0.2, 0) is 17.1 Å². The van der Waals surface area contributed by atoms with E-state index in [2.05, 4.69) is 15.4 Å². The van der Waals surface area contributed by atoms with Gasteiger partial charge in [0.1, 0.15) is 5.69 Å². The Bertz CT molecular complexity index is 1420. The van der Waals surface area contributed by atoms with E-state index >= 15 is 0 Å². The lowest BCUT2D eigenvalue weighted by Crippen LogP contribution is -2.27. The van der Waals surface area contributed by atoms with E-state index in [9.17, 15) is 13.2 Å². The first-order valence-corrected chi connectivity index (χ1v) is 12.4. The minimum absolute atomic E-state index is 0.179. The van der Waals surface area contributed by atoms with E-state index < -0.39 is 10.0 Å². The highest BCUT2D eigenvalue weighted by atomic mass is 32.2. The summed E-state index contributed by atoms with van der Waals surface area (Å²) in [5, 5.41) is 7.92. The zero-order valence-corrected chi connectivity index (χ0v) is 20.4. The minimum Gasteiger partial charge on any atom is -0.463 e. The maximum absolute atomic E-state index is 13.3. The Morgan fingerprint density at radius 1 is 1.21 bits per heavy atom. The number of rotatable bonds is 8. The molecule has 10 heteroatoms. The number of carbonyl (C=O) groups excluding carboxylic acids is 1. The summed E-state index contributed by atoms with van der Waals surface area (Å²) in [4.78, 5) is 18.1. The van der Waals surface area contributed by atoms with Crippen LogP contribution in [0.2, 0.25) is 0 Å². The van der Waals surface area contributed by atoms with Crippen molar-refractivity contribution in [2.75, 3.05) is 18.9 Å². The first-order valence-electron chi connectivity index (χ1n) is 11.0. The molecule has 0 saturated heterocycles. The van der Waals surface area contributed by atoms with Crippen molar-refractivity contribution in [2.45, 2.75) is 31.6 Å². The lowest BCUT2D eigenvalue weighted by molar-refractivity contribution is 0.102. The third-order valence-corrected chi connectivity index (χ3v) is 7.50. The number of aromatic nitrogens is 3. The zero-order chi connectivity index (χ0) is 24.5. The number of furan rings is 1. The van der Waals surface area contributed by atoms with Gasteiger partial charge in [-0.2, -0.15) is 5.10 Å². The van der Waals surface area contributed by atoms with Crippen molar-refractivity contribution in [3.8, 4) is 11.5 Å². The smallest absolute Gasteiger partial charge is 0.256 e. The molecular weight excluding hydrogens is 454 g/mol. The molecule has 1 N–H and O–H groups in total. The SMILES string of the molecule is CCCCN(C)S(=O)(=O)c1ccc(NC(=O)c2cc(-c3ccco3)nc3c2c(C)nn3C)cc1. The van der Waals surface area contributed by atoms with Crippen molar-refractivity contribution in [1.82, 2.24) is 19.1 Å². The lowest BCUT2D eigenvalue weighted by Gasteiger charge is -2.17. The van der Waals surface area contributed by atoms with Gasteiger partial charge in [-0.3, -0.25) is 9.48 Å². The van der Waals surface area contributed by atoms with Crippen molar-refractivity contribution in [2.24, 2.45) is 7.05 Å². The van der Waals surface area contributed by atoms with Gasteiger partial charge in [0.15, 0.2) is 11.4 Å². The van der Waals surface area contributed by atoms with Crippen LogP contribution in [0.3, 0.4) is 0 Å². The normalized spacial score (nSPS) is 11.9. The molecule has 0 spiro atoms. The van der Waals surface area contributed by atoms with Crippen molar-refractivity contribution >= 4 is 32.7 Å². The van der Waals surface area contributed by atoms with Crippen molar-refractivity contribution < 1.29 is 17.6 Å². The predicted molar refractivity (Wildman–Crippen MR) is 130 cm³/mol. The van der Waals surface area contributed by atoms with Gasteiger partial charge in [0, 0.05) is 26.3 Å². The highest BCUT2D eigenvalue weighted by Crippen LogP contribution is 2.28. The summed E-state index contributed by atoms with van der Waals surface area (Å²) in [6, 6.07) is 11.4. The molecule has 0 aliphatic rings. The molecule has 3 aromatic heterocycles. The second-order valence-corrected chi connectivity index (χ2v) is 10.1. The van der Waals surface area contributed by atoms with Gasteiger partial charge >= 0.3 is 0 Å². The van der Waals surface area contributed by atoms with Crippen LogP contribution >= 0.6 is 0 Å². The molecule has 34 heavy (non-hydrogen) atoms. The van der Waals surface area contributed by atoms with E-state index in [-0.39, 0.29) is 10.8 Å². The number of aryl methyl sites for hydroxylation is 2. The molecular formula is C24H27N5O4S. The quantitative estimate of drug-likeness (QED) is 0.404. The van der Waals surface area contributed by atoms with Gasteiger partial charge in [-0.05, 0) is 55.8 Å². The number of unbranched alkanes of at least 4 members (excludes halogenated alkanes) is 1. The second-order valence-electron chi connectivity index (χ2n) is 8.10. The molecule has 0 radical (unpaired) electrons. The average Bonchev–Trinajstić information content (AvgIpc) is 3.45. The summed E-state index contributed by atoms with van der Waals surface area (Å²) in [6.45, 7) is 4.29. The number of nitrogens with zero attached hydrogens (tertiary/aromatic N) is 4. The lowest BCUT2D eigenvalue weighted by atomic mass is 10.1. The molecule has 4 rings (SSSR count). The van der Waals surface area contributed by atoms with Crippen LogP contribution in [0.4, 0.5) is 5.69 Å². The first-order chi connectivity index (χ1) is 16.2. The topological polar surface area (TPSA) is 110 Å². The second kappa shape index (κ2) is 9.40.